The molecule has 0 fully saturated rings. The lowest BCUT2D eigenvalue weighted by molar-refractivity contribution is -0.126. The molecule has 5 heteroatoms. The van der Waals surface area contributed by atoms with Crippen LogP contribution in [0.25, 0.3) is 0 Å². The number of benzene rings is 1. The zero-order chi connectivity index (χ0) is 17.0. The minimum atomic E-state index is -0.331. The fourth-order valence-corrected chi connectivity index (χ4v) is 2.69. The molecule has 0 aliphatic heterocycles. The first-order valence-corrected chi connectivity index (χ1v) is 7.69. The lowest BCUT2D eigenvalue weighted by Crippen LogP contribution is -2.37. The predicted octanol–water partition coefficient (Wildman–Crippen LogP) is 2.32. The monoisotopic (exact) mass is 312 g/mol. The van der Waals surface area contributed by atoms with E-state index in [4.69, 9.17) is 0 Å². The van der Waals surface area contributed by atoms with Crippen LogP contribution in [-0.2, 0) is 11.3 Å². The minimum Gasteiger partial charge on any atom is -0.347 e. The van der Waals surface area contributed by atoms with Crippen LogP contribution in [0.15, 0.2) is 30.3 Å². The highest BCUT2D eigenvalue weighted by Crippen LogP contribution is 2.22. The molecule has 1 amide bonds. The molecule has 0 spiro atoms. The number of aryl methyl sites for hydroxylation is 3. The van der Waals surface area contributed by atoms with Gasteiger partial charge in [-0.05, 0) is 52.1 Å². The van der Waals surface area contributed by atoms with Gasteiger partial charge in [-0.2, -0.15) is 0 Å². The predicted molar refractivity (Wildman–Crippen MR) is 91.0 cm³/mol. The van der Waals surface area contributed by atoms with Crippen LogP contribution < -0.4 is 5.32 Å². The summed E-state index contributed by atoms with van der Waals surface area (Å²) < 4.78 is 0. The molecule has 1 N–H and O–H groups in total. The summed E-state index contributed by atoms with van der Waals surface area (Å²) >= 11 is 0. The number of nitrogens with zero attached hydrogens (tertiary/aromatic N) is 3. The third kappa shape index (κ3) is 4.36. The van der Waals surface area contributed by atoms with Gasteiger partial charge in [0.15, 0.2) is 0 Å². The molecular weight excluding hydrogens is 288 g/mol. The zero-order valence-corrected chi connectivity index (χ0v) is 14.4. The van der Waals surface area contributed by atoms with Gasteiger partial charge in [0.2, 0.25) is 5.91 Å². The highest BCUT2D eigenvalue weighted by molar-refractivity contribution is 5.83. The molecule has 1 aromatic heterocycles. The summed E-state index contributed by atoms with van der Waals surface area (Å²) in [4.78, 5) is 23.3. The molecule has 1 heterocycles. The summed E-state index contributed by atoms with van der Waals surface area (Å²) in [5.41, 5.74) is 3.93. The summed E-state index contributed by atoms with van der Waals surface area (Å²) in [6.07, 6.45) is 0. The van der Waals surface area contributed by atoms with Crippen molar-refractivity contribution in [2.24, 2.45) is 0 Å². The molecule has 0 aliphatic carbocycles. The highest BCUT2D eigenvalue weighted by atomic mass is 16.2. The zero-order valence-electron chi connectivity index (χ0n) is 14.4. The Balaban J connectivity index is 2.15. The van der Waals surface area contributed by atoms with E-state index in [-0.39, 0.29) is 11.9 Å². The molecule has 5 nitrogen and oxygen atoms in total. The quantitative estimate of drug-likeness (QED) is 0.920. The fraction of sp³-hybridized carbons (Fsp3) is 0.389. The summed E-state index contributed by atoms with van der Waals surface area (Å²) in [7, 11) is 3.81. The van der Waals surface area contributed by atoms with Crippen LogP contribution in [0.5, 0.6) is 0 Å². The summed E-state index contributed by atoms with van der Waals surface area (Å²) in [6, 6.07) is 9.54. The van der Waals surface area contributed by atoms with Crippen LogP contribution in [0.2, 0.25) is 0 Å². The van der Waals surface area contributed by atoms with E-state index in [1.165, 1.54) is 0 Å². The maximum absolute atomic E-state index is 12.7. The topological polar surface area (TPSA) is 58.1 Å². The Hall–Kier alpha value is -2.27. The number of carbonyl (C=O) groups is 1. The van der Waals surface area contributed by atoms with Gasteiger partial charge in [-0.3, -0.25) is 9.69 Å². The van der Waals surface area contributed by atoms with Crippen molar-refractivity contribution in [2.75, 3.05) is 14.1 Å². The third-order valence-corrected chi connectivity index (χ3v) is 3.70. The minimum absolute atomic E-state index is 0.0490. The number of amides is 1. The van der Waals surface area contributed by atoms with Crippen molar-refractivity contribution in [1.82, 2.24) is 20.2 Å². The van der Waals surface area contributed by atoms with Crippen LogP contribution in [0.3, 0.4) is 0 Å². The Morgan fingerprint density at radius 3 is 2.30 bits per heavy atom. The standard InChI is InChI=1S/C18H24N4O/c1-12-8-6-7-9-15(12)17(22(4)5)18(23)19-11-16-20-13(2)10-14(3)21-16/h6-10,17H,11H2,1-5H3,(H,19,23)/t17-/m1/s1. The Kier molecular flexibility index (Phi) is 5.45. The van der Waals surface area contributed by atoms with E-state index in [1.807, 2.05) is 70.1 Å². The van der Waals surface area contributed by atoms with Gasteiger partial charge in [0.25, 0.3) is 0 Å². The van der Waals surface area contributed by atoms with Gasteiger partial charge in [0, 0.05) is 11.4 Å². The summed E-state index contributed by atoms with van der Waals surface area (Å²) in [5, 5.41) is 2.95. The third-order valence-electron chi connectivity index (χ3n) is 3.70. The van der Waals surface area contributed by atoms with Crippen molar-refractivity contribution in [3.63, 3.8) is 0 Å². The van der Waals surface area contributed by atoms with Crippen LogP contribution >= 0.6 is 0 Å². The Bertz CT molecular complexity index is 677. The van der Waals surface area contributed by atoms with Gasteiger partial charge in [-0.15, -0.1) is 0 Å². The number of likely N-dealkylation sites (N-methyl/N-ethyl adjacent to an activating group) is 1. The van der Waals surface area contributed by atoms with Crippen LogP contribution in [0, 0.1) is 20.8 Å². The van der Waals surface area contributed by atoms with Crippen molar-refractivity contribution < 1.29 is 4.79 Å². The number of aromatic nitrogens is 2. The molecule has 122 valence electrons. The first kappa shape index (κ1) is 17.1. The summed E-state index contributed by atoms with van der Waals surface area (Å²) in [6.45, 7) is 6.20. The van der Waals surface area contributed by atoms with E-state index in [2.05, 4.69) is 15.3 Å². The number of carbonyl (C=O) groups excluding carboxylic acids is 1. The number of hydrogen-bond donors (Lipinski definition) is 1. The van der Waals surface area contributed by atoms with Crippen LogP contribution in [0.4, 0.5) is 0 Å². The van der Waals surface area contributed by atoms with E-state index < -0.39 is 0 Å². The molecule has 2 aromatic rings. The molecule has 0 bridgehead atoms. The second-order valence-electron chi connectivity index (χ2n) is 6.01. The first-order chi connectivity index (χ1) is 10.9. The Morgan fingerprint density at radius 2 is 1.74 bits per heavy atom. The SMILES string of the molecule is Cc1cc(C)nc(CNC(=O)[C@@H](c2ccccc2C)N(C)C)n1. The van der Waals surface area contributed by atoms with Gasteiger partial charge >= 0.3 is 0 Å². The largest absolute Gasteiger partial charge is 0.347 e. The molecule has 23 heavy (non-hydrogen) atoms. The van der Waals surface area contributed by atoms with Gasteiger partial charge in [0.1, 0.15) is 11.9 Å². The van der Waals surface area contributed by atoms with Crippen molar-refractivity contribution in [2.45, 2.75) is 33.4 Å². The molecule has 0 radical (unpaired) electrons. The molecule has 0 saturated carbocycles. The average molecular weight is 312 g/mol. The van der Waals surface area contributed by atoms with E-state index in [0.29, 0.717) is 12.4 Å². The Labute approximate surface area is 137 Å². The number of hydrogen-bond acceptors (Lipinski definition) is 4. The number of rotatable bonds is 5. The maximum Gasteiger partial charge on any atom is 0.242 e. The molecular formula is C18H24N4O. The van der Waals surface area contributed by atoms with Gasteiger partial charge in [0.05, 0.1) is 6.54 Å². The Morgan fingerprint density at radius 1 is 1.13 bits per heavy atom. The average Bonchev–Trinajstić information content (AvgIpc) is 2.46. The molecule has 1 atom stereocenters. The van der Waals surface area contributed by atoms with E-state index in [9.17, 15) is 4.79 Å². The number of nitrogens with one attached hydrogen (secondary N) is 1. The van der Waals surface area contributed by atoms with Crippen molar-refractivity contribution >= 4 is 5.91 Å². The molecule has 0 saturated heterocycles. The molecule has 1 aromatic carbocycles. The molecule has 2 rings (SSSR count). The van der Waals surface area contributed by atoms with Gasteiger partial charge < -0.3 is 5.32 Å². The van der Waals surface area contributed by atoms with Crippen LogP contribution in [0.1, 0.15) is 34.4 Å². The van der Waals surface area contributed by atoms with E-state index >= 15 is 0 Å². The van der Waals surface area contributed by atoms with Crippen molar-refractivity contribution in [3.8, 4) is 0 Å². The molecule has 0 unspecified atom stereocenters. The fourth-order valence-electron chi connectivity index (χ4n) is 2.69. The van der Waals surface area contributed by atoms with Crippen molar-refractivity contribution in [3.05, 3.63) is 58.7 Å². The first-order valence-electron chi connectivity index (χ1n) is 7.69. The van der Waals surface area contributed by atoms with Crippen molar-refractivity contribution in [1.29, 1.82) is 0 Å². The van der Waals surface area contributed by atoms with Crippen LogP contribution in [-0.4, -0.2) is 34.9 Å². The smallest absolute Gasteiger partial charge is 0.242 e. The van der Waals surface area contributed by atoms with E-state index in [0.717, 1.165) is 22.5 Å². The normalized spacial score (nSPS) is 12.3. The highest BCUT2D eigenvalue weighted by Gasteiger charge is 2.24. The lowest BCUT2D eigenvalue weighted by Gasteiger charge is -2.25. The van der Waals surface area contributed by atoms with Gasteiger partial charge in [-0.1, -0.05) is 24.3 Å². The lowest BCUT2D eigenvalue weighted by atomic mass is 10.00. The summed E-state index contributed by atoms with van der Waals surface area (Å²) in [5.74, 6) is 0.588. The van der Waals surface area contributed by atoms with Gasteiger partial charge in [-0.25, -0.2) is 9.97 Å². The second-order valence-corrected chi connectivity index (χ2v) is 6.01. The second kappa shape index (κ2) is 7.33. The maximum atomic E-state index is 12.7. The van der Waals surface area contributed by atoms with E-state index in [1.54, 1.807) is 0 Å². The molecule has 0 aliphatic rings.